The first kappa shape index (κ1) is 18.0. The number of allylic oxidation sites excluding steroid dienone is 1. The molecule has 3 heteroatoms. The standard InChI is InChI=1S/C26H24FNO/c1-15-6-5-7-17(12-15)25-24-19(20-13-18(27)8-11-22(20)29-25)9-10-21-23(24)16(2)14-26(3,4)28-21/h5-14,25,28H,1-4H3/t25-/m0/s1. The van der Waals surface area contributed by atoms with Crippen LogP contribution in [0.1, 0.15) is 49.1 Å². The van der Waals surface area contributed by atoms with Crippen molar-refractivity contribution in [3.63, 3.8) is 0 Å². The number of ether oxygens (including phenoxy) is 1. The summed E-state index contributed by atoms with van der Waals surface area (Å²) < 4.78 is 20.6. The first-order valence-electron chi connectivity index (χ1n) is 10.0. The molecule has 0 aromatic heterocycles. The Labute approximate surface area is 171 Å². The van der Waals surface area contributed by atoms with Crippen LogP contribution in [0.15, 0.2) is 60.7 Å². The van der Waals surface area contributed by atoms with Crippen LogP contribution >= 0.6 is 0 Å². The maximum absolute atomic E-state index is 14.1. The number of rotatable bonds is 1. The van der Waals surface area contributed by atoms with Gasteiger partial charge in [0, 0.05) is 22.4 Å². The molecule has 2 heterocycles. The largest absolute Gasteiger partial charge is 0.480 e. The van der Waals surface area contributed by atoms with Crippen molar-refractivity contribution < 1.29 is 9.13 Å². The quantitative estimate of drug-likeness (QED) is 0.492. The minimum atomic E-state index is -0.253. The number of hydrogen-bond acceptors (Lipinski definition) is 2. The van der Waals surface area contributed by atoms with Crippen LogP contribution < -0.4 is 10.1 Å². The van der Waals surface area contributed by atoms with E-state index in [0.717, 1.165) is 39.3 Å². The predicted octanol–water partition coefficient (Wildman–Crippen LogP) is 6.89. The molecule has 0 fully saturated rings. The van der Waals surface area contributed by atoms with Crippen molar-refractivity contribution >= 4 is 11.3 Å². The second kappa shape index (κ2) is 6.21. The number of fused-ring (bicyclic) bond motifs is 5. The lowest BCUT2D eigenvalue weighted by molar-refractivity contribution is 0.243. The zero-order valence-corrected chi connectivity index (χ0v) is 17.1. The van der Waals surface area contributed by atoms with E-state index in [1.807, 2.05) is 0 Å². The number of hydrogen-bond donors (Lipinski definition) is 1. The summed E-state index contributed by atoms with van der Waals surface area (Å²) in [7, 11) is 0. The highest BCUT2D eigenvalue weighted by Gasteiger charge is 2.34. The smallest absolute Gasteiger partial charge is 0.150 e. The topological polar surface area (TPSA) is 21.3 Å². The molecule has 0 radical (unpaired) electrons. The zero-order valence-electron chi connectivity index (χ0n) is 17.1. The Morgan fingerprint density at radius 3 is 2.59 bits per heavy atom. The summed E-state index contributed by atoms with van der Waals surface area (Å²) >= 11 is 0. The van der Waals surface area contributed by atoms with Crippen LogP contribution in [0.25, 0.3) is 16.7 Å². The molecule has 0 bridgehead atoms. The summed E-state index contributed by atoms with van der Waals surface area (Å²) in [5.74, 6) is 0.465. The van der Waals surface area contributed by atoms with Crippen LogP contribution in [-0.2, 0) is 0 Å². The molecule has 146 valence electrons. The highest BCUT2D eigenvalue weighted by Crippen LogP contribution is 2.50. The van der Waals surface area contributed by atoms with E-state index in [2.05, 4.69) is 75.5 Å². The van der Waals surface area contributed by atoms with Crippen LogP contribution in [0.5, 0.6) is 5.75 Å². The Bertz CT molecular complexity index is 1180. The van der Waals surface area contributed by atoms with Gasteiger partial charge < -0.3 is 10.1 Å². The minimum absolute atomic E-state index is 0.121. The van der Waals surface area contributed by atoms with Gasteiger partial charge in [0.1, 0.15) is 11.6 Å². The van der Waals surface area contributed by atoms with E-state index in [9.17, 15) is 4.39 Å². The molecule has 0 unspecified atom stereocenters. The Hall–Kier alpha value is -3.07. The zero-order chi connectivity index (χ0) is 20.3. The SMILES string of the molecule is CC1=CC(C)(C)Nc2ccc3c(c21)[C@H](c1cccc(C)c1)Oc1ccc(F)cc1-3. The summed E-state index contributed by atoms with van der Waals surface area (Å²) in [6.45, 7) is 8.57. The first-order chi connectivity index (χ1) is 13.8. The van der Waals surface area contributed by atoms with Crippen LogP contribution in [0, 0.1) is 12.7 Å². The van der Waals surface area contributed by atoms with Gasteiger partial charge in [-0.15, -0.1) is 0 Å². The fraction of sp³-hybridized carbons (Fsp3) is 0.231. The van der Waals surface area contributed by atoms with Gasteiger partial charge in [-0.05, 0) is 68.7 Å². The molecule has 29 heavy (non-hydrogen) atoms. The minimum Gasteiger partial charge on any atom is -0.480 e. The van der Waals surface area contributed by atoms with Gasteiger partial charge in [-0.3, -0.25) is 0 Å². The predicted molar refractivity (Wildman–Crippen MR) is 117 cm³/mol. The highest BCUT2D eigenvalue weighted by atomic mass is 19.1. The number of nitrogens with one attached hydrogen (secondary N) is 1. The normalized spacial score (nSPS) is 18.5. The molecule has 1 N–H and O–H groups in total. The van der Waals surface area contributed by atoms with E-state index in [1.54, 1.807) is 12.1 Å². The van der Waals surface area contributed by atoms with Crippen LogP contribution in [-0.4, -0.2) is 5.54 Å². The average Bonchev–Trinajstić information content (AvgIpc) is 2.65. The molecule has 2 nitrogen and oxygen atoms in total. The second-order valence-corrected chi connectivity index (χ2v) is 8.68. The van der Waals surface area contributed by atoms with Crippen LogP contribution in [0.4, 0.5) is 10.1 Å². The molecule has 0 saturated carbocycles. The Morgan fingerprint density at radius 1 is 0.966 bits per heavy atom. The molecular weight excluding hydrogens is 361 g/mol. The Balaban J connectivity index is 1.82. The average molecular weight is 385 g/mol. The van der Waals surface area contributed by atoms with Crippen LogP contribution in [0.3, 0.4) is 0 Å². The molecule has 2 aliphatic rings. The number of benzene rings is 3. The molecule has 0 aliphatic carbocycles. The van der Waals surface area contributed by atoms with Gasteiger partial charge in [-0.1, -0.05) is 42.0 Å². The van der Waals surface area contributed by atoms with Gasteiger partial charge in [0.05, 0.1) is 5.54 Å². The lowest BCUT2D eigenvalue weighted by atomic mass is 9.80. The van der Waals surface area contributed by atoms with E-state index in [1.165, 1.54) is 17.2 Å². The fourth-order valence-electron chi connectivity index (χ4n) is 4.72. The molecular formula is C26H24FNO. The van der Waals surface area contributed by atoms with Gasteiger partial charge in [0.2, 0.25) is 0 Å². The van der Waals surface area contributed by atoms with Crippen molar-refractivity contribution in [2.45, 2.75) is 39.3 Å². The van der Waals surface area contributed by atoms with Crippen molar-refractivity contribution in [2.75, 3.05) is 5.32 Å². The summed E-state index contributed by atoms with van der Waals surface area (Å²) in [4.78, 5) is 0. The maximum Gasteiger partial charge on any atom is 0.150 e. The lowest BCUT2D eigenvalue weighted by Crippen LogP contribution is -2.32. The molecule has 3 aromatic carbocycles. The van der Waals surface area contributed by atoms with Gasteiger partial charge in [0.15, 0.2) is 6.10 Å². The summed E-state index contributed by atoms with van der Waals surface area (Å²) in [5, 5.41) is 3.63. The molecule has 1 atom stereocenters. The number of aryl methyl sites for hydroxylation is 1. The van der Waals surface area contributed by atoms with E-state index in [-0.39, 0.29) is 17.5 Å². The molecule has 0 saturated heterocycles. The monoisotopic (exact) mass is 385 g/mol. The van der Waals surface area contributed by atoms with E-state index >= 15 is 0 Å². The third-order valence-electron chi connectivity index (χ3n) is 5.76. The van der Waals surface area contributed by atoms with Crippen LogP contribution in [0.2, 0.25) is 0 Å². The molecule has 5 rings (SSSR count). The number of anilines is 1. The maximum atomic E-state index is 14.1. The third kappa shape index (κ3) is 2.93. The van der Waals surface area contributed by atoms with Crippen molar-refractivity contribution in [1.29, 1.82) is 0 Å². The molecule has 3 aromatic rings. The van der Waals surface area contributed by atoms with Gasteiger partial charge >= 0.3 is 0 Å². The lowest BCUT2D eigenvalue weighted by Gasteiger charge is -2.37. The van der Waals surface area contributed by atoms with Crippen molar-refractivity contribution in [1.82, 2.24) is 0 Å². The second-order valence-electron chi connectivity index (χ2n) is 8.68. The van der Waals surface area contributed by atoms with Crippen molar-refractivity contribution in [3.05, 3.63) is 88.7 Å². The Kier molecular flexibility index (Phi) is 3.86. The summed E-state index contributed by atoms with van der Waals surface area (Å²) in [6, 6.07) is 17.4. The van der Waals surface area contributed by atoms with E-state index < -0.39 is 0 Å². The number of halogens is 1. The molecule has 0 spiro atoms. The van der Waals surface area contributed by atoms with E-state index in [0.29, 0.717) is 0 Å². The molecule has 2 aliphatic heterocycles. The highest BCUT2D eigenvalue weighted by molar-refractivity contribution is 5.90. The van der Waals surface area contributed by atoms with Gasteiger partial charge in [-0.2, -0.15) is 0 Å². The van der Waals surface area contributed by atoms with Gasteiger partial charge in [0.25, 0.3) is 0 Å². The fourth-order valence-corrected chi connectivity index (χ4v) is 4.72. The summed E-state index contributed by atoms with van der Waals surface area (Å²) in [5.41, 5.74) is 8.57. The Morgan fingerprint density at radius 2 is 1.79 bits per heavy atom. The van der Waals surface area contributed by atoms with E-state index in [4.69, 9.17) is 4.74 Å². The van der Waals surface area contributed by atoms with Gasteiger partial charge in [-0.25, -0.2) is 4.39 Å². The van der Waals surface area contributed by atoms with Crippen molar-refractivity contribution in [2.24, 2.45) is 0 Å². The molecule has 0 amide bonds. The third-order valence-corrected chi connectivity index (χ3v) is 5.76. The first-order valence-corrected chi connectivity index (χ1v) is 10.0. The van der Waals surface area contributed by atoms with Crippen molar-refractivity contribution in [3.8, 4) is 16.9 Å². The summed E-state index contributed by atoms with van der Waals surface area (Å²) in [6.07, 6.45) is 2.01.